The summed E-state index contributed by atoms with van der Waals surface area (Å²) >= 11 is 0. The zero-order chi connectivity index (χ0) is 31.9. The number of hydrogen-bond acceptors (Lipinski definition) is 11. The van der Waals surface area contributed by atoms with E-state index in [2.05, 4.69) is 4.74 Å². The first-order chi connectivity index (χ1) is 20.9. The average molecular weight is 640 g/mol. The van der Waals surface area contributed by atoms with Gasteiger partial charge < -0.3 is 38.1 Å². The molecule has 1 N–H and O–H groups in total. The van der Waals surface area contributed by atoms with Gasteiger partial charge in [0, 0.05) is 18.1 Å². The molecule has 4 rings (SSSR count). The highest BCUT2D eigenvalue weighted by atomic mass is 32.2. The molecule has 1 fully saturated rings. The molecule has 1 saturated carbocycles. The number of esters is 2. The number of hydrogen-bond donors (Lipinski definition) is 1. The SMILES string of the molecule is COc1cc(OS(C)(=O)=O)ccc1C(=O)OCC(=O)OCCC1(c2ccc(OC(F)F)c(OCC3CC3)c2)C=CC=C[NH+]1[O-]. The predicted molar refractivity (Wildman–Crippen MR) is 150 cm³/mol. The summed E-state index contributed by atoms with van der Waals surface area (Å²) in [5, 5.41) is 12.9. The second-order valence-electron chi connectivity index (χ2n) is 10.0. The molecule has 2 aliphatic rings. The van der Waals surface area contributed by atoms with Crippen LogP contribution in [0.5, 0.6) is 23.0 Å². The Kier molecular flexibility index (Phi) is 10.4. The lowest BCUT2D eigenvalue weighted by Crippen LogP contribution is -3.10. The van der Waals surface area contributed by atoms with Gasteiger partial charge in [-0.05, 0) is 61.2 Å². The van der Waals surface area contributed by atoms with Crippen LogP contribution in [0.3, 0.4) is 0 Å². The first-order valence-corrected chi connectivity index (χ1v) is 15.2. The third-order valence-electron chi connectivity index (χ3n) is 6.75. The molecule has 2 atom stereocenters. The van der Waals surface area contributed by atoms with Crippen LogP contribution in [0, 0.1) is 11.1 Å². The van der Waals surface area contributed by atoms with E-state index in [9.17, 15) is 32.0 Å². The molecule has 0 saturated heterocycles. The summed E-state index contributed by atoms with van der Waals surface area (Å²) in [7, 11) is -2.56. The van der Waals surface area contributed by atoms with Gasteiger partial charge in [0.25, 0.3) is 0 Å². The summed E-state index contributed by atoms with van der Waals surface area (Å²) in [6, 6.07) is 7.87. The average Bonchev–Trinajstić information content (AvgIpc) is 3.80. The summed E-state index contributed by atoms with van der Waals surface area (Å²) in [6.45, 7) is -3.77. The number of ether oxygens (including phenoxy) is 5. The monoisotopic (exact) mass is 639 g/mol. The number of carbonyl (C=O) groups is 2. The molecule has 1 heterocycles. The van der Waals surface area contributed by atoms with Crippen LogP contribution in [0.1, 0.15) is 35.2 Å². The summed E-state index contributed by atoms with van der Waals surface area (Å²) in [6.07, 6.45) is 8.98. The Morgan fingerprint density at radius 3 is 2.50 bits per heavy atom. The van der Waals surface area contributed by atoms with E-state index in [0.717, 1.165) is 19.1 Å². The summed E-state index contributed by atoms with van der Waals surface area (Å²) in [4.78, 5) is 25.0. The number of rotatable bonds is 15. The standard InChI is InChI=1S/C29H31F2NO11S/c1-38-24-16-21(43-44(2,36)37)8-9-22(24)27(34)41-18-26(33)39-14-12-29(11-3-4-13-32(29)35)20-7-10-23(42-28(30)31)25(15-20)40-17-19-5-6-19/h3-4,7-11,13,15-16,19,28,32H,5-6,12,14,17-18H2,1-2H3. The van der Waals surface area contributed by atoms with E-state index in [1.54, 1.807) is 18.2 Å². The van der Waals surface area contributed by atoms with Crippen molar-refractivity contribution in [3.8, 4) is 23.0 Å². The largest absolute Gasteiger partial charge is 0.628 e. The Morgan fingerprint density at radius 1 is 1.07 bits per heavy atom. The molecule has 1 aliphatic heterocycles. The summed E-state index contributed by atoms with van der Waals surface area (Å²) in [5.41, 5.74) is -0.965. The zero-order valence-electron chi connectivity index (χ0n) is 23.8. The topological polar surface area (TPSA) is 151 Å². The number of methoxy groups -OCH3 is 1. The van der Waals surface area contributed by atoms with Crippen molar-refractivity contribution in [3.05, 3.63) is 77.2 Å². The first kappa shape index (κ1) is 32.7. The van der Waals surface area contributed by atoms with Crippen LogP contribution in [-0.4, -0.2) is 60.2 Å². The van der Waals surface area contributed by atoms with Crippen LogP contribution in [0.15, 0.2) is 60.8 Å². The van der Waals surface area contributed by atoms with E-state index in [0.29, 0.717) is 18.1 Å². The normalized spacial score (nSPS) is 19.4. The summed E-state index contributed by atoms with van der Waals surface area (Å²) in [5.74, 6) is -1.75. The highest BCUT2D eigenvalue weighted by molar-refractivity contribution is 7.86. The van der Waals surface area contributed by atoms with E-state index < -0.39 is 40.8 Å². The van der Waals surface area contributed by atoms with Gasteiger partial charge in [-0.25, -0.2) is 9.59 Å². The zero-order valence-corrected chi connectivity index (χ0v) is 24.6. The number of alkyl halides is 2. The lowest BCUT2D eigenvalue weighted by Gasteiger charge is -2.41. The molecule has 0 bridgehead atoms. The Morgan fingerprint density at radius 2 is 1.84 bits per heavy atom. The van der Waals surface area contributed by atoms with Crippen LogP contribution >= 0.6 is 0 Å². The molecule has 12 nitrogen and oxygen atoms in total. The van der Waals surface area contributed by atoms with Gasteiger partial charge in [0.2, 0.25) is 0 Å². The number of nitrogens with one attached hydrogen (secondary N) is 1. The van der Waals surface area contributed by atoms with Gasteiger partial charge in [0.15, 0.2) is 18.1 Å². The van der Waals surface area contributed by atoms with Crippen LogP contribution in [-0.2, 0) is 29.9 Å². The van der Waals surface area contributed by atoms with E-state index in [1.807, 2.05) is 0 Å². The van der Waals surface area contributed by atoms with Gasteiger partial charge in [-0.15, -0.1) is 0 Å². The Labute approximate surface area is 252 Å². The van der Waals surface area contributed by atoms with Crippen molar-refractivity contribution in [2.75, 3.05) is 33.2 Å². The number of benzene rings is 2. The highest BCUT2D eigenvalue weighted by Crippen LogP contribution is 2.37. The van der Waals surface area contributed by atoms with E-state index >= 15 is 0 Å². The van der Waals surface area contributed by atoms with E-state index in [1.165, 1.54) is 49.7 Å². The predicted octanol–water partition coefficient (Wildman–Crippen LogP) is 2.88. The first-order valence-electron chi connectivity index (χ1n) is 13.4. The van der Waals surface area contributed by atoms with Crippen molar-refractivity contribution in [1.29, 1.82) is 0 Å². The Hall–Kier alpha value is -4.21. The van der Waals surface area contributed by atoms with Crippen molar-refractivity contribution in [1.82, 2.24) is 0 Å². The number of allylic oxidation sites excluding steroid dienone is 2. The minimum atomic E-state index is -3.81. The molecule has 0 amide bonds. The van der Waals surface area contributed by atoms with Gasteiger partial charge in [0.1, 0.15) is 22.6 Å². The molecule has 0 aromatic heterocycles. The molecule has 0 radical (unpaired) electrons. The van der Waals surface area contributed by atoms with Crippen molar-refractivity contribution in [3.63, 3.8) is 0 Å². The van der Waals surface area contributed by atoms with Crippen molar-refractivity contribution < 1.29 is 59.7 Å². The maximum absolute atomic E-state index is 13.2. The van der Waals surface area contributed by atoms with E-state index in [-0.39, 0.29) is 46.7 Å². The molecule has 238 valence electrons. The lowest BCUT2D eigenvalue weighted by molar-refractivity contribution is -0.855. The fourth-order valence-corrected chi connectivity index (χ4v) is 4.86. The quantitative estimate of drug-likeness (QED) is 0.174. The Bertz CT molecular complexity index is 1530. The smallest absolute Gasteiger partial charge is 0.387 e. The molecule has 2 aromatic carbocycles. The number of hydroxylamine groups is 2. The molecular weight excluding hydrogens is 608 g/mol. The molecule has 0 spiro atoms. The van der Waals surface area contributed by atoms with Gasteiger partial charge >= 0.3 is 28.7 Å². The third kappa shape index (κ3) is 8.67. The van der Waals surface area contributed by atoms with Crippen molar-refractivity contribution >= 4 is 22.1 Å². The molecule has 1 aliphatic carbocycles. The van der Waals surface area contributed by atoms with Crippen LogP contribution in [0.2, 0.25) is 0 Å². The van der Waals surface area contributed by atoms with Gasteiger partial charge in [-0.2, -0.15) is 17.2 Å². The van der Waals surface area contributed by atoms with Gasteiger partial charge in [-0.3, -0.25) is 0 Å². The molecule has 2 aromatic rings. The van der Waals surface area contributed by atoms with Crippen LogP contribution in [0.4, 0.5) is 8.78 Å². The summed E-state index contributed by atoms with van der Waals surface area (Å²) < 4.78 is 79.2. The Balaban J connectivity index is 1.40. The van der Waals surface area contributed by atoms with Crippen LogP contribution in [0.25, 0.3) is 0 Å². The number of halogens is 2. The van der Waals surface area contributed by atoms with Gasteiger partial charge in [0.05, 0.1) is 32.8 Å². The number of carbonyl (C=O) groups excluding carboxylic acids is 2. The minimum Gasteiger partial charge on any atom is -0.628 e. The molecular formula is C29H31F2NO11S. The molecule has 2 unspecified atom stereocenters. The maximum Gasteiger partial charge on any atom is 0.387 e. The molecule has 44 heavy (non-hydrogen) atoms. The fraction of sp³-hybridized carbons (Fsp3) is 0.379. The lowest BCUT2D eigenvalue weighted by atomic mass is 9.84. The van der Waals surface area contributed by atoms with Gasteiger partial charge in [-0.1, -0.05) is 6.08 Å². The maximum atomic E-state index is 13.2. The van der Waals surface area contributed by atoms with Crippen molar-refractivity contribution in [2.45, 2.75) is 31.4 Å². The second-order valence-corrected chi connectivity index (χ2v) is 11.6. The highest BCUT2D eigenvalue weighted by Gasteiger charge is 2.38. The third-order valence-corrected chi connectivity index (χ3v) is 7.24. The molecule has 15 heteroatoms. The van der Waals surface area contributed by atoms with Crippen molar-refractivity contribution in [2.24, 2.45) is 5.92 Å². The minimum absolute atomic E-state index is 0.0148. The second kappa shape index (κ2) is 14.1. The number of quaternary nitrogens is 1. The van der Waals surface area contributed by atoms with Crippen LogP contribution < -0.4 is 23.5 Å². The fourth-order valence-electron chi connectivity index (χ4n) is 4.40. The van der Waals surface area contributed by atoms with E-state index in [4.69, 9.17) is 23.1 Å².